The van der Waals surface area contributed by atoms with Crippen molar-refractivity contribution in [1.82, 2.24) is 0 Å². The van der Waals surface area contributed by atoms with Gasteiger partial charge in [-0.15, -0.1) is 0 Å². The molecular weight excluding hydrogens is 771 g/mol. The third-order valence-electron chi connectivity index (χ3n) is 15.0. The van der Waals surface area contributed by atoms with Crippen molar-refractivity contribution in [3.63, 3.8) is 0 Å². The van der Waals surface area contributed by atoms with E-state index in [-0.39, 0.29) is 136 Å². The van der Waals surface area contributed by atoms with Gasteiger partial charge in [0, 0.05) is 43.8 Å². The number of hydrogen-bond acceptors (Lipinski definition) is 14. The van der Waals surface area contributed by atoms with E-state index in [4.69, 9.17) is 40.9 Å². The van der Waals surface area contributed by atoms with E-state index in [1.165, 1.54) is 25.7 Å². The summed E-state index contributed by atoms with van der Waals surface area (Å²) >= 11 is 0. The molecule has 0 spiro atoms. The first kappa shape index (κ1) is 49.8. The van der Waals surface area contributed by atoms with Gasteiger partial charge in [0.2, 0.25) is 0 Å². The van der Waals surface area contributed by atoms with Crippen LogP contribution in [0.1, 0.15) is 156 Å². The molecule has 14 heteroatoms. The highest BCUT2D eigenvalue weighted by Crippen LogP contribution is 2.69. The van der Waals surface area contributed by atoms with E-state index in [1.54, 1.807) is 0 Å². The molecule has 0 aromatic heterocycles. The highest BCUT2D eigenvalue weighted by Gasteiger charge is 2.67. The minimum atomic E-state index is -1.11. The van der Waals surface area contributed by atoms with Crippen LogP contribution in [0.3, 0.4) is 0 Å². The lowest BCUT2D eigenvalue weighted by atomic mass is 9.43. The third kappa shape index (κ3) is 13.1. The number of nitrogens with two attached hydrogens (primary N) is 3. The van der Waals surface area contributed by atoms with E-state index in [9.17, 15) is 29.1 Å². The zero-order valence-corrected chi connectivity index (χ0v) is 37.2. The fourth-order valence-electron chi connectivity index (χ4n) is 11.9. The lowest BCUT2D eigenvalue weighted by Gasteiger charge is -2.64. The Balaban J connectivity index is 1.42. The molecule has 4 saturated carbocycles. The number of unbranched alkanes of at least 4 members (excludes halogenated alkanes) is 6. The summed E-state index contributed by atoms with van der Waals surface area (Å²) in [5.74, 6) is -1.30. The summed E-state index contributed by atoms with van der Waals surface area (Å²) in [7, 11) is 0. The highest BCUT2D eigenvalue weighted by atomic mass is 16.6. The number of fused-ring (bicyclic) bond motifs is 5. The Bertz CT molecular complexity index is 1400. The van der Waals surface area contributed by atoms with Gasteiger partial charge >= 0.3 is 29.8 Å². The third-order valence-corrected chi connectivity index (χ3v) is 15.0. The standard InChI is InChI=1S/C46H79N3O11/c1-5-6-7-8-9-10-11-12-39(51)56-28-32(50)29-57-40(52)16-13-30(2)34-14-15-35-44-36(27-38(46(34,35)4)60-43(55)20-24-49)45(3)21-17-33(58-41(53)18-22-47)25-31(45)26-37(44)59-42(54)19-23-48/h30-38,44,50H,5-29,47-49H2,1-4H3/t30-,31+,32+,33-,34-,35+,36+,37-,38+,44+,45+,46-/m1/s1. The van der Waals surface area contributed by atoms with Crippen LogP contribution in [0.4, 0.5) is 0 Å². The molecule has 14 nitrogen and oxygen atoms in total. The summed E-state index contributed by atoms with van der Waals surface area (Å²) < 4.78 is 29.3. The van der Waals surface area contributed by atoms with Crippen LogP contribution in [-0.4, -0.2) is 92.2 Å². The quantitative estimate of drug-likeness (QED) is 0.0495. The van der Waals surface area contributed by atoms with Gasteiger partial charge in [0.15, 0.2) is 0 Å². The van der Waals surface area contributed by atoms with Crippen molar-refractivity contribution < 1.29 is 52.8 Å². The fourth-order valence-corrected chi connectivity index (χ4v) is 11.9. The molecule has 0 aliphatic heterocycles. The second-order valence-corrected chi connectivity index (χ2v) is 18.9. The molecule has 0 amide bonds. The van der Waals surface area contributed by atoms with Crippen LogP contribution in [0.2, 0.25) is 0 Å². The van der Waals surface area contributed by atoms with Gasteiger partial charge in [0.25, 0.3) is 0 Å². The van der Waals surface area contributed by atoms with Crippen molar-refractivity contribution in [2.24, 2.45) is 63.5 Å². The molecular formula is C46H79N3O11. The molecule has 0 unspecified atom stereocenters. The Morgan fingerprint density at radius 3 is 1.88 bits per heavy atom. The predicted molar refractivity (Wildman–Crippen MR) is 226 cm³/mol. The predicted octanol–water partition coefficient (Wildman–Crippen LogP) is 5.65. The maximum Gasteiger partial charge on any atom is 0.307 e. The van der Waals surface area contributed by atoms with Crippen molar-refractivity contribution in [1.29, 1.82) is 0 Å². The number of carbonyl (C=O) groups is 5. The molecule has 0 radical (unpaired) electrons. The Hall–Kier alpha value is -2.81. The first-order chi connectivity index (χ1) is 28.7. The number of hydrogen-bond donors (Lipinski definition) is 4. The van der Waals surface area contributed by atoms with Crippen molar-refractivity contribution >= 4 is 29.8 Å². The van der Waals surface area contributed by atoms with Crippen molar-refractivity contribution in [2.45, 2.75) is 181 Å². The first-order valence-corrected chi connectivity index (χ1v) is 23.4. The lowest BCUT2D eigenvalue weighted by molar-refractivity contribution is -0.225. The van der Waals surface area contributed by atoms with Gasteiger partial charge in [0.1, 0.15) is 37.6 Å². The van der Waals surface area contributed by atoms with Crippen LogP contribution in [0.5, 0.6) is 0 Å². The number of esters is 5. The molecule has 0 heterocycles. The molecule has 0 bridgehead atoms. The summed E-state index contributed by atoms with van der Waals surface area (Å²) in [6.07, 6.45) is 12.1. The van der Waals surface area contributed by atoms with Crippen LogP contribution >= 0.6 is 0 Å². The van der Waals surface area contributed by atoms with Gasteiger partial charge in [0.05, 0.1) is 19.3 Å². The van der Waals surface area contributed by atoms with E-state index >= 15 is 0 Å². The van der Waals surface area contributed by atoms with Gasteiger partial charge in [-0.2, -0.15) is 0 Å². The molecule has 4 aliphatic rings. The van der Waals surface area contributed by atoms with Gasteiger partial charge in [-0.05, 0) is 92.8 Å². The maximum absolute atomic E-state index is 13.3. The van der Waals surface area contributed by atoms with Crippen LogP contribution in [0.25, 0.3) is 0 Å². The van der Waals surface area contributed by atoms with E-state index in [1.807, 2.05) is 0 Å². The molecule has 12 atom stereocenters. The monoisotopic (exact) mass is 850 g/mol. The molecule has 4 fully saturated rings. The Morgan fingerprint density at radius 1 is 0.667 bits per heavy atom. The number of aliphatic hydroxyl groups excluding tert-OH is 1. The number of ether oxygens (including phenoxy) is 5. The molecule has 60 heavy (non-hydrogen) atoms. The smallest absolute Gasteiger partial charge is 0.307 e. The Kier molecular flexibility index (Phi) is 20.1. The van der Waals surface area contributed by atoms with E-state index in [0.29, 0.717) is 32.1 Å². The molecule has 0 saturated heterocycles. The average molecular weight is 850 g/mol. The SMILES string of the molecule is CCCCCCCCCC(=O)OC[C@H](O)COC(=O)CC[C@@H](C)[C@H]1CC[C@H]2[C@@H]3[C@H](OC(=O)CCN)C[C@@H]4C[C@H](OC(=O)CCN)CC[C@]4(C)[C@H]3C[C@H](OC(=O)CCN)[C@]12C. The number of carbonyl (C=O) groups excluding carboxylic acids is 5. The maximum atomic E-state index is 13.3. The van der Waals surface area contributed by atoms with Gasteiger partial charge < -0.3 is 46.0 Å². The second kappa shape index (κ2) is 24.1. The summed E-state index contributed by atoms with van der Waals surface area (Å²) in [6.45, 7) is 8.99. The molecule has 4 rings (SSSR count). The topological polar surface area (TPSA) is 230 Å². The Morgan fingerprint density at radius 2 is 1.25 bits per heavy atom. The number of rotatable bonds is 25. The van der Waals surface area contributed by atoms with Gasteiger partial charge in [-0.25, -0.2) is 0 Å². The lowest BCUT2D eigenvalue weighted by Crippen LogP contribution is -2.63. The highest BCUT2D eigenvalue weighted by molar-refractivity contribution is 5.71. The van der Waals surface area contributed by atoms with E-state index in [2.05, 4.69) is 27.7 Å². The second-order valence-electron chi connectivity index (χ2n) is 18.9. The molecule has 0 aromatic rings. The zero-order chi connectivity index (χ0) is 43.9. The summed E-state index contributed by atoms with van der Waals surface area (Å²) in [4.78, 5) is 64.1. The van der Waals surface area contributed by atoms with Gasteiger partial charge in [-0.1, -0.05) is 66.2 Å². The van der Waals surface area contributed by atoms with Crippen molar-refractivity contribution in [2.75, 3.05) is 32.8 Å². The molecule has 0 aromatic carbocycles. The average Bonchev–Trinajstić information content (AvgIpc) is 3.57. The Labute approximate surface area is 358 Å². The van der Waals surface area contributed by atoms with Crippen molar-refractivity contribution in [3.8, 4) is 0 Å². The minimum absolute atomic E-state index is 0.0204. The zero-order valence-electron chi connectivity index (χ0n) is 37.2. The van der Waals surface area contributed by atoms with E-state index in [0.717, 1.165) is 44.9 Å². The van der Waals surface area contributed by atoms with Crippen LogP contribution in [0.15, 0.2) is 0 Å². The summed E-state index contributed by atoms with van der Waals surface area (Å²) in [5, 5.41) is 10.4. The fraction of sp³-hybridized carbons (Fsp3) is 0.891. The van der Waals surface area contributed by atoms with E-state index < -0.39 is 23.6 Å². The molecule has 344 valence electrons. The van der Waals surface area contributed by atoms with Crippen molar-refractivity contribution in [3.05, 3.63) is 0 Å². The molecule has 7 N–H and O–H groups in total. The largest absolute Gasteiger partial charge is 0.463 e. The summed E-state index contributed by atoms with van der Waals surface area (Å²) in [6, 6.07) is 0. The first-order valence-electron chi connectivity index (χ1n) is 23.4. The minimum Gasteiger partial charge on any atom is -0.463 e. The van der Waals surface area contributed by atoms with Crippen LogP contribution in [0, 0.1) is 46.3 Å². The van der Waals surface area contributed by atoms with Crippen LogP contribution in [-0.2, 0) is 47.7 Å². The van der Waals surface area contributed by atoms with Crippen LogP contribution < -0.4 is 17.2 Å². The molecule has 4 aliphatic carbocycles. The summed E-state index contributed by atoms with van der Waals surface area (Å²) in [5.41, 5.74) is 16.6. The normalized spacial score (nSPS) is 31.7. The van der Waals surface area contributed by atoms with Gasteiger partial charge in [-0.3, -0.25) is 24.0 Å². The number of aliphatic hydroxyl groups is 1.